The van der Waals surface area contributed by atoms with Crippen LogP contribution in [0.1, 0.15) is 57.6 Å². The number of carbonyl (C=O) groups is 7. The molecule has 1 unspecified atom stereocenters. The first-order valence-electron chi connectivity index (χ1n) is 20.8. The van der Waals surface area contributed by atoms with E-state index in [2.05, 4.69) is 31.9 Å². The summed E-state index contributed by atoms with van der Waals surface area (Å²) in [4.78, 5) is 93.3. The lowest BCUT2D eigenvalue weighted by Gasteiger charge is -2.27. The highest BCUT2D eigenvalue weighted by atomic mass is 32.2. The highest BCUT2D eigenvalue weighted by Gasteiger charge is 2.34. The number of carboxylic acid groups (broad SMARTS) is 1. The molecule has 6 amide bonds. The first-order valence-corrected chi connectivity index (χ1v) is 21.7. The molecular formula is C48H54N6O8S. The number of rotatable bonds is 21. The first-order chi connectivity index (χ1) is 30.2. The molecule has 0 aromatic heterocycles. The zero-order valence-corrected chi connectivity index (χ0v) is 36.3. The minimum Gasteiger partial charge on any atom is -0.480 e. The fourth-order valence-electron chi connectivity index (χ4n) is 6.68. The first kappa shape index (κ1) is 47.3. The van der Waals surface area contributed by atoms with Gasteiger partial charge in [-0.2, -0.15) is 0 Å². The number of para-hydroxylation sites is 1. The molecule has 1 aliphatic rings. The number of amides is 6. The number of nitrogens with one attached hydrogen (secondary N) is 6. The maximum atomic E-state index is 14.5. The lowest BCUT2D eigenvalue weighted by molar-refractivity contribution is -0.146. The molecule has 0 saturated heterocycles. The van der Waals surface area contributed by atoms with E-state index in [0.717, 1.165) is 11.1 Å². The second-order valence-electron chi connectivity index (χ2n) is 15.9. The third kappa shape index (κ3) is 15.0. The van der Waals surface area contributed by atoms with Crippen LogP contribution in [0.15, 0.2) is 127 Å². The second-order valence-corrected chi connectivity index (χ2v) is 17.1. The molecule has 330 valence electrons. The summed E-state index contributed by atoms with van der Waals surface area (Å²) in [6.07, 6.45) is 2.60. The summed E-state index contributed by atoms with van der Waals surface area (Å²) in [5.41, 5.74) is 2.31. The number of anilines is 1. The highest BCUT2D eigenvalue weighted by Crippen LogP contribution is 2.28. The van der Waals surface area contributed by atoms with E-state index >= 15 is 0 Å². The van der Waals surface area contributed by atoms with E-state index in [9.17, 15) is 38.7 Å². The summed E-state index contributed by atoms with van der Waals surface area (Å²) < 4.78 is 0. The van der Waals surface area contributed by atoms with Gasteiger partial charge in [-0.15, -0.1) is 11.8 Å². The van der Waals surface area contributed by atoms with Gasteiger partial charge in [0.2, 0.25) is 35.4 Å². The molecule has 1 aliphatic heterocycles. The third-order valence-corrected chi connectivity index (χ3v) is 11.4. The van der Waals surface area contributed by atoms with Crippen molar-refractivity contribution in [3.8, 4) is 11.1 Å². The van der Waals surface area contributed by atoms with Gasteiger partial charge >= 0.3 is 5.97 Å². The maximum absolute atomic E-state index is 14.5. The number of hydrogen-bond donors (Lipinski definition) is 7. The Morgan fingerprint density at radius 1 is 0.619 bits per heavy atom. The van der Waals surface area contributed by atoms with E-state index in [1.165, 1.54) is 32.5 Å². The molecule has 0 aliphatic carbocycles. The number of benzene rings is 4. The van der Waals surface area contributed by atoms with Crippen LogP contribution in [-0.4, -0.2) is 81.5 Å². The molecule has 4 aromatic carbocycles. The molecule has 63 heavy (non-hydrogen) atoms. The van der Waals surface area contributed by atoms with Crippen LogP contribution in [0.25, 0.3) is 11.1 Å². The molecule has 0 spiro atoms. The summed E-state index contributed by atoms with van der Waals surface area (Å²) in [6.45, 7) is 4.03. The van der Waals surface area contributed by atoms with Gasteiger partial charge in [0.05, 0.1) is 0 Å². The second kappa shape index (κ2) is 22.9. The fourth-order valence-corrected chi connectivity index (χ4v) is 7.65. The van der Waals surface area contributed by atoms with E-state index in [1.807, 2.05) is 72.1 Å². The van der Waals surface area contributed by atoms with E-state index < -0.39 is 65.2 Å². The lowest BCUT2D eigenvalue weighted by atomic mass is 9.99. The summed E-state index contributed by atoms with van der Waals surface area (Å²) >= 11 is 1.53. The van der Waals surface area contributed by atoms with Crippen LogP contribution in [0.4, 0.5) is 5.69 Å². The average molecular weight is 875 g/mol. The summed E-state index contributed by atoms with van der Waals surface area (Å²) in [6, 6.07) is 30.3. The summed E-state index contributed by atoms with van der Waals surface area (Å²) in [5.74, 6) is -4.93. The molecule has 15 heteroatoms. The van der Waals surface area contributed by atoms with Crippen molar-refractivity contribution in [2.75, 3.05) is 5.32 Å². The zero-order chi connectivity index (χ0) is 45.4. The molecular weight excluding hydrogens is 821 g/mol. The Kier molecular flexibility index (Phi) is 17.2. The van der Waals surface area contributed by atoms with E-state index in [0.29, 0.717) is 23.2 Å². The molecule has 5 rings (SSSR count). The smallest absolute Gasteiger partial charge is 0.328 e. The summed E-state index contributed by atoms with van der Waals surface area (Å²) in [5, 5.41) is 27.6. The molecule has 14 nitrogen and oxygen atoms in total. The van der Waals surface area contributed by atoms with Crippen LogP contribution in [0.5, 0.6) is 0 Å². The molecule has 4 aromatic rings. The minimum atomic E-state index is -1.61. The maximum Gasteiger partial charge on any atom is 0.328 e. The number of thioether (sulfide) groups is 1. The molecule has 0 fully saturated rings. The molecule has 1 heterocycles. The van der Waals surface area contributed by atoms with Gasteiger partial charge < -0.3 is 37.0 Å². The van der Waals surface area contributed by atoms with Crippen LogP contribution < -0.4 is 31.9 Å². The van der Waals surface area contributed by atoms with Crippen molar-refractivity contribution in [2.45, 2.75) is 94.3 Å². The molecule has 0 saturated carbocycles. The van der Waals surface area contributed by atoms with E-state index in [4.69, 9.17) is 0 Å². The Balaban J connectivity index is 1.37. The fraction of sp³-hybridized carbons (Fsp3) is 0.312. The normalized spacial score (nSPS) is 15.1. The third-order valence-electron chi connectivity index (χ3n) is 10.3. The van der Waals surface area contributed by atoms with E-state index in [-0.39, 0.29) is 43.3 Å². The quantitative estimate of drug-likeness (QED) is 0.0606. The number of allylic oxidation sites excluding steroid dienone is 1. The van der Waals surface area contributed by atoms with Gasteiger partial charge in [-0.3, -0.25) is 28.8 Å². The number of hydrogen-bond acceptors (Lipinski definition) is 8. The zero-order valence-electron chi connectivity index (χ0n) is 35.5. The van der Waals surface area contributed by atoms with Crippen molar-refractivity contribution in [3.05, 3.63) is 138 Å². The number of aliphatic carboxylic acids is 1. The largest absolute Gasteiger partial charge is 0.480 e. The van der Waals surface area contributed by atoms with Crippen molar-refractivity contribution < 1.29 is 38.7 Å². The average Bonchev–Trinajstić information content (AvgIpc) is 3.79. The Bertz CT molecular complexity index is 2230. The molecule has 0 radical (unpaired) electrons. The molecule has 0 bridgehead atoms. The monoisotopic (exact) mass is 874 g/mol. The predicted octanol–water partition coefficient (Wildman–Crippen LogP) is 4.91. The summed E-state index contributed by atoms with van der Waals surface area (Å²) in [7, 11) is 0. The highest BCUT2D eigenvalue weighted by molar-refractivity contribution is 8.03. The number of carbonyl (C=O) groups excluding carboxylic acids is 6. The Morgan fingerprint density at radius 3 is 1.70 bits per heavy atom. The van der Waals surface area contributed by atoms with Crippen LogP contribution in [-0.2, 0) is 46.4 Å². The van der Waals surface area contributed by atoms with Crippen molar-refractivity contribution in [3.63, 3.8) is 0 Å². The van der Waals surface area contributed by atoms with E-state index in [1.54, 1.807) is 54.6 Å². The van der Waals surface area contributed by atoms with Gasteiger partial charge in [0.15, 0.2) is 0 Å². The topological polar surface area (TPSA) is 212 Å². The van der Waals surface area contributed by atoms with Gasteiger partial charge in [0.25, 0.3) is 0 Å². The van der Waals surface area contributed by atoms with Crippen LogP contribution >= 0.6 is 11.8 Å². The lowest BCUT2D eigenvalue weighted by Crippen LogP contribution is -2.60. The Morgan fingerprint density at radius 2 is 1.13 bits per heavy atom. The molecule has 7 N–H and O–H groups in total. The minimum absolute atomic E-state index is 0.00938. The SMILES string of the molecule is C[C@H](NC(=O)[C@@H](Cc1ccccc1)NC(=O)[C@H](Cc1ccc(-c2ccccc2)cc1)NC(=O)[C@@H](CC1CC=CS1)NC(=O)CCC(=O)Nc1ccccc1)C(=O)NC(C)(C)C(=O)O. The standard InChI is InChI=1S/C48H54N6O8S/c1-31(43(57)54-48(2,3)47(61)62)49-44(58)38(28-32-14-7-4-8-15-32)52-45(59)39(29-33-21-23-35(24-22-33)34-16-9-5-10-17-34)53-46(60)40(30-37-20-13-27-63-37)51-42(56)26-25-41(55)50-36-18-11-6-12-19-36/h4-19,21-24,27,31,37-40H,20,25-26,28-30H2,1-3H3,(H,49,58)(H,50,55)(H,51,56)(H,52,59)(H,53,60)(H,54,57)(H,61,62)/t31-,37?,38+,39-,40+/m0/s1. The van der Waals surface area contributed by atoms with Crippen molar-refractivity contribution in [1.82, 2.24) is 26.6 Å². The van der Waals surface area contributed by atoms with Gasteiger partial charge in [-0.05, 0) is 73.4 Å². The number of carboxylic acids is 1. The molecule has 5 atom stereocenters. The van der Waals surface area contributed by atoms with Crippen LogP contribution in [0.3, 0.4) is 0 Å². The van der Waals surface area contributed by atoms with Crippen LogP contribution in [0.2, 0.25) is 0 Å². The van der Waals surface area contributed by atoms with Crippen molar-refractivity contribution >= 4 is 58.9 Å². The Labute approximate surface area is 371 Å². The van der Waals surface area contributed by atoms with Gasteiger partial charge in [0, 0.05) is 36.6 Å². The van der Waals surface area contributed by atoms with Crippen molar-refractivity contribution in [2.24, 2.45) is 0 Å². The van der Waals surface area contributed by atoms with Gasteiger partial charge in [-0.1, -0.05) is 109 Å². The predicted molar refractivity (Wildman–Crippen MR) is 243 cm³/mol. The van der Waals surface area contributed by atoms with Crippen molar-refractivity contribution in [1.29, 1.82) is 0 Å². The van der Waals surface area contributed by atoms with Gasteiger partial charge in [-0.25, -0.2) is 4.79 Å². The van der Waals surface area contributed by atoms with Crippen LogP contribution in [0, 0.1) is 0 Å². The van der Waals surface area contributed by atoms with Gasteiger partial charge in [0.1, 0.15) is 29.7 Å². The Hall–Kier alpha value is -6.74.